The molecule has 0 aliphatic heterocycles. The Morgan fingerprint density at radius 2 is 1.81 bits per heavy atom. The number of halogens is 4. The van der Waals surface area contributed by atoms with Crippen LogP contribution in [0.2, 0.25) is 5.02 Å². The summed E-state index contributed by atoms with van der Waals surface area (Å²) in [5, 5.41) is 9.34. The molecule has 1 aromatic heterocycles. The van der Waals surface area contributed by atoms with Crippen molar-refractivity contribution in [2.24, 2.45) is 5.92 Å². The summed E-state index contributed by atoms with van der Waals surface area (Å²) in [4.78, 5) is 24.4. The van der Waals surface area contributed by atoms with E-state index in [0.29, 0.717) is 21.0 Å². The average molecular weight is 465 g/mol. The lowest BCUT2D eigenvalue weighted by atomic mass is 10.1. The van der Waals surface area contributed by atoms with Crippen molar-refractivity contribution in [1.29, 1.82) is 0 Å². The normalized spacial score (nSPS) is 11.5. The van der Waals surface area contributed by atoms with Crippen LogP contribution in [0.4, 0.5) is 18.9 Å². The van der Waals surface area contributed by atoms with Gasteiger partial charge in [-0.1, -0.05) is 37.6 Å². The molecule has 1 heterocycles. The van der Waals surface area contributed by atoms with Gasteiger partial charge in [-0.25, -0.2) is 4.68 Å². The van der Waals surface area contributed by atoms with Gasteiger partial charge in [-0.05, 0) is 42.0 Å². The molecule has 0 atom stereocenters. The van der Waals surface area contributed by atoms with Crippen molar-refractivity contribution in [3.05, 3.63) is 76.6 Å². The van der Waals surface area contributed by atoms with Crippen molar-refractivity contribution < 1.29 is 22.8 Å². The number of rotatable bonds is 6. The van der Waals surface area contributed by atoms with Crippen LogP contribution in [0.1, 0.15) is 35.5 Å². The Hall–Kier alpha value is -3.33. The van der Waals surface area contributed by atoms with Gasteiger partial charge in [-0.2, -0.15) is 18.3 Å². The van der Waals surface area contributed by atoms with Crippen molar-refractivity contribution in [3.8, 4) is 5.69 Å². The number of hydrogen-bond donors (Lipinski definition) is 2. The number of nitrogens with zero attached hydrogens (tertiary/aromatic N) is 2. The molecule has 0 bridgehead atoms. The van der Waals surface area contributed by atoms with Crippen molar-refractivity contribution in [2.75, 3.05) is 5.32 Å². The van der Waals surface area contributed by atoms with E-state index in [1.807, 2.05) is 0 Å². The smallest absolute Gasteiger partial charge is 0.348 e. The largest absolute Gasteiger partial charge is 0.434 e. The Morgan fingerprint density at radius 1 is 1.12 bits per heavy atom. The number of aromatic nitrogens is 2. The van der Waals surface area contributed by atoms with Gasteiger partial charge < -0.3 is 10.6 Å². The molecule has 3 rings (SSSR count). The maximum Gasteiger partial charge on any atom is 0.434 e. The molecule has 2 amide bonds. The average Bonchev–Trinajstić information content (AvgIpc) is 3.18. The molecule has 0 unspecified atom stereocenters. The van der Waals surface area contributed by atoms with Gasteiger partial charge in [0.1, 0.15) is 0 Å². The van der Waals surface area contributed by atoms with Crippen molar-refractivity contribution in [2.45, 2.75) is 26.6 Å². The molecular weight excluding hydrogens is 445 g/mol. The van der Waals surface area contributed by atoms with E-state index in [1.54, 1.807) is 38.1 Å². The number of carbonyl (C=O) groups excluding carboxylic acids is 2. The minimum absolute atomic E-state index is 0.0341. The summed E-state index contributed by atoms with van der Waals surface area (Å²) in [7, 11) is 0. The lowest BCUT2D eigenvalue weighted by molar-refractivity contribution is -0.143. The molecule has 0 aliphatic rings. The lowest BCUT2D eigenvalue weighted by Gasteiger charge is -2.13. The molecule has 0 radical (unpaired) electrons. The van der Waals surface area contributed by atoms with E-state index >= 15 is 0 Å². The Labute approximate surface area is 187 Å². The van der Waals surface area contributed by atoms with Crippen LogP contribution in [0.3, 0.4) is 0 Å². The molecule has 0 saturated carbocycles. The van der Waals surface area contributed by atoms with Crippen LogP contribution in [0, 0.1) is 5.92 Å². The molecule has 10 heteroatoms. The fraction of sp³-hybridized carbons (Fsp3) is 0.227. The topological polar surface area (TPSA) is 76.0 Å². The van der Waals surface area contributed by atoms with Gasteiger partial charge in [0, 0.05) is 23.2 Å². The fourth-order valence-electron chi connectivity index (χ4n) is 2.89. The Kier molecular flexibility index (Phi) is 6.88. The zero-order valence-electron chi connectivity index (χ0n) is 17.2. The summed E-state index contributed by atoms with van der Waals surface area (Å²) >= 11 is 5.80. The van der Waals surface area contributed by atoms with Gasteiger partial charge in [0.2, 0.25) is 5.91 Å². The minimum atomic E-state index is -4.82. The van der Waals surface area contributed by atoms with E-state index < -0.39 is 23.3 Å². The summed E-state index contributed by atoms with van der Waals surface area (Å²) in [6.45, 7) is 3.47. The quantitative estimate of drug-likeness (QED) is 0.535. The molecule has 2 aromatic carbocycles. The zero-order chi connectivity index (χ0) is 23.5. The molecular formula is C22H20ClF3N4O2. The third-order valence-corrected chi connectivity index (χ3v) is 4.78. The van der Waals surface area contributed by atoms with Crippen molar-refractivity contribution in [3.63, 3.8) is 0 Å². The predicted octanol–water partition coefficient (Wildman–Crippen LogP) is 5.07. The fourth-order valence-corrected chi connectivity index (χ4v) is 3.01. The van der Waals surface area contributed by atoms with Crippen LogP contribution >= 0.6 is 11.6 Å². The maximum absolute atomic E-state index is 13.8. The van der Waals surface area contributed by atoms with Crippen LogP contribution in [0.5, 0.6) is 0 Å². The zero-order valence-corrected chi connectivity index (χ0v) is 18.0. The first-order chi connectivity index (χ1) is 15.1. The number of nitrogens with one attached hydrogen (secondary N) is 2. The molecule has 32 heavy (non-hydrogen) atoms. The van der Waals surface area contributed by atoms with Gasteiger partial charge >= 0.3 is 6.18 Å². The highest BCUT2D eigenvalue weighted by molar-refractivity contribution is 6.30. The van der Waals surface area contributed by atoms with E-state index in [4.69, 9.17) is 11.6 Å². The predicted molar refractivity (Wildman–Crippen MR) is 115 cm³/mol. The van der Waals surface area contributed by atoms with E-state index in [1.165, 1.54) is 24.3 Å². The Balaban J connectivity index is 1.80. The van der Waals surface area contributed by atoms with Crippen molar-refractivity contribution >= 4 is 29.1 Å². The molecule has 0 aliphatic carbocycles. The molecule has 0 fully saturated rings. The second-order valence-corrected chi connectivity index (χ2v) is 7.76. The minimum Gasteiger partial charge on any atom is -0.348 e. The van der Waals surface area contributed by atoms with Gasteiger partial charge in [-0.3, -0.25) is 9.59 Å². The first-order valence-electron chi connectivity index (χ1n) is 9.65. The Bertz CT molecular complexity index is 1120. The molecule has 6 nitrogen and oxygen atoms in total. The van der Waals surface area contributed by atoms with Crippen molar-refractivity contribution in [1.82, 2.24) is 15.1 Å². The SMILES string of the molecule is CC(C)C(=O)Nc1cccc(CNC(=O)c2cnn(-c3ccc(Cl)cc3)c2C(F)(F)F)c1. The number of alkyl halides is 3. The van der Waals surface area contributed by atoms with Gasteiger partial charge in [-0.15, -0.1) is 0 Å². The summed E-state index contributed by atoms with van der Waals surface area (Å²) in [5.41, 5.74) is -0.526. The maximum atomic E-state index is 13.8. The number of carbonyl (C=O) groups is 2. The highest BCUT2D eigenvalue weighted by atomic mass is 35.5. The first-order valence-corrected chi connectivity index (χ1v) is 10.0. The third kappa shape index (κ3) is 5.47. The van der Waals surface area contributed by atoms with Gasteiger partial charge in [0.25, 0.3) is 5.91 Å². The van der Waals surface area contributed by atoms with Gasteiger partial charge in [0.15, 0.2) is 5.69 Å². The van der Waals surface area contributed by atoms with Gasteiger partial charge in [0.05, 0.1) is 17.4 Å². The lowest BCUT2D eigenvalue weighted by Crippen LogP contribution is -2.26. The Morgan fingerprint density at radius 3 is 2.44 bits per heavy atom. The highest BCUT2D eigenvalue weighted by Gasteiger charge is 2.40. The summed E-state index contributed by atoms with van der Waals surface area (Å²) in [5.74, 6) is -1.30. The second kappa shape index (κ2) is 9.44. The standard InChI is InChI=1S/C22H20ClF3N4O2/c1-13(2)20(31)29-16-5-3-4-14(10-16)11-27-21(32)18-12-28-30(19(18)22(24,25)26)17-8-6-15(23)7-9-17/h3-10,12-13H,11H2,1-2H3,(H,27,32)(H,29,31). The summed E-state index contributed by atoms with van der Waals surface area (Å²) < 4.78 is 41.9. The van der Waals surface area contributed by atoms with E-state index in [0.717, 1.165) is 6.20 Å². The van der Waals surface area contributed by atoms with Crippen LogP contribution in [-0.4, -0.2) is 21.6 Å². The van der Waals surface area contributed by atoms with Crippen LogP contribution in [0.25, 0.3) is 5.69 Å². The van der Waals surface area contributed by atoms with E-state index in [-0.39, 0.29) is 24.1 Å². The number of anilines is 1. The van der Waals surface area contributed by atoms with E-state index in [9.17, 15) is 22.8 Å². The molecule has 2 N–H and O–H groups in total. The van der Waals surface area contributed by atoms with Crippen LogP contribution in [0.15, 0.2) is 54.7 Å². The molecule has 168 valence electrons. The van der Waals surface area contributed by atoms with E-state index in [2.05, 4.69) is 15.7 Å². The summed E-state index contributed by atoms with van der Waals surface area (Å²) in [6, 6.07) is 12.3. The number of hydrogen-bond acceptors (Lipinski definition) is 3. The molecule has 0 spiro atoms. The third-order valence-electron chi connectivity index (χ3n) is 4.53. The van der Waals surface area contributed by atoms with Crippen LogP contribution < -0.4 is 10.6 Å². The number of benzene rings is 2. The molecule has 0 saturated heterocycles. The highest BCUT2D eigenvalue weighted by Crippen LogP contribution is 2.34. The summed E-state index contributed by atoms with van der Waals surface area (Å²) in [6.07, 6.45) is -3.93. The second-order valence-electron chi connectivity index (χ2n) is 7.32. The monoisotopic (exact) mass is 464 g/mol. The van der Waals surface area contributed by atoms with Crippen LogP contribution in [-0.2, 0) is 17.5 Å². The number of amides is 2. The first kappa shape index (κ1) is 23.3. The molecule has 3 aromatic rings.